The Morgan fingerprint density at radius 3 is 1.49 bits per heavy atom. The van der Waals surface area contributed by atoms with Crippen molar-refractivity contribution in [3.8, 4) is 6.07 Å². The summed E-state index contributed by atoms with van der Waals surface area (Å²) in [6.07, 6.45) is 5.71. The molecule has 1 aromatic carbocycles. The number of hydrogen-bond donors (Lipinski definition) is 0. The van der Waals surface area contributed by atoms with Crippen LogP contribution in [0.15, 0.2) is 29.2 Å². The second kappa shape index (κ2) is 13.9. The average Bonchev–Trinajstić information content (AvgIpc) is 2.85. The second-order valence-corrected chi connectivity index (χ2v) is 13.6. The molecule has 37 heavy (non-hydrogen) atoms. The molecule has 0 heterocycles. The number of sulfone groups is 1. The number of ether oxygens (including phenoxy) is 2. The summed E-state index contributed by atoms with van der Waals surface area (Å²) < 4.78 is 35.7. The first-order valence-corrected chi connectivity index (χ1v) is 14.6. The molecule has 0 fully saturated rings. The number of unbranched alkanes of at least 4 members (excludes halogenated alkanes) is 4. The fourth-order valence-electron chi connectivity index (χ4n) is 4.57. The van der Waals surface area contributed by atoms with Gasteiger partial charge in [0.25, 0.3) is 0 Å². The summed E-state index contributed by atoms with van der Waals surface area (Å²) in [6.45, 7) is 9.23. The van der Waals surface area contributed by atoms with Gasteiger partial charge in [0.15, 0.2) is 14.6 Å². The van der Waals surface area contributed by atoms with Crippen LogP contribution in [0.25, 0.3) is 0 Å². The highest BCUT2D eigenvalue weighted by atomic mass is 32.2. The van der Waals surface area contributed by atoms with E-state index in [2.05, 4.69) is 6.07 Å². The molecule has 1 aromatic rings. The first kappa shape index (κ1) is 32.6. The summed E-state index contributed by atoms with van der Waals surface area (Å²) in [6, 6.07) is 8.86. The number of methoxy groups -OCH3 is 2. The van der Waals surface area contributed by atoms with E-state index in [1.807, 2.05) is 34.6 Å². The average molecular weight is 536 g/mol. The van der Waals surface area contributed by atoms with Crippen LogP contribution in [-0.4, -0.2) is 39.3 Å². The number of rotatable bonds is 16. The molecule has 0 radical (unpaired) electrons. The Hall–Kier alpha value is -2.40. The van der Waals surface area contributed by atoms with Gasteiger partial charge in [0, 0.05) is 0 Å². The standard InChI is InChI=1S/C29H45NO6S/c1-23-14-16-24(17-15-23)37(33,34)29(22-30,20-12-8-10-18-27(2,3)25(31)35-6)21-13-9-11-19-28(4,5)26(32)36-7/h14-17H,8-13,18-21H2,1-7H3. The van der Waals surface area contributed by atoms with Crippen molar-refractivity contribution < 1.29 is 27.5 Å². The summed E-state index contributed by atoms with van der Waals surface area (Å²) in [5.74, 6) is -0.535. The maximum absolute atomic E-state index is 13.8. The zero-order chi connectivity index (χ0) is 28.3. The largest absolute Gasteiger partial charge is 0.469 e. The van der Waals surface area contributed by atoms with Gasteiger partial charge >= 0.3 is 11.9 Å². The summed E-state index contributed by atoms with van der Waals surface area (Å²) in [5, 5.41) is 10.3. The van der Waals surface area contributed by atoms with Gasteiger partial charge in [-0.3, -0.25) is 9.59 Å². The molecule has 7 nitrogen and oxygen atoms in total. The summed E-state index contributed by atoms with van der Waals surface area (Å²) in [5.41, 5.74) is -0.261. The minimum atomic E-state index is -3.90. The number of esters is 2. The minimum Gasteiger partial charge on any atom is -0.469 e. The lowest BCUT2D eigenvalue weighted by Gasteiger charge is -2.28. The van der Waals surface area contributed by atoms with Gasteiger partial charge in [-0.2, -0.15) is 5.26 Å². The van der Waals surface area contributed by atoms with Crippen LogP contribution >= 0.6 is 0 Å². The van der Waals surface area contributed by atoms with Gasteiger partial charge < -0.3 is 9.47 Å². The molecule has 0 atom stereocenters. The third-order valence-corrected chi connectivity index (χ3v) is 9.71. The summed E-state index contributed by atoms with van der Waals surface area (Å²) in [4.78, 5) is 24.0. The van der Waals surface area contributed by atoms with E-state index in [0.29, 0.717) is 38.5 Å². The number of carbonyl (C=O) groups excluding carboxylic acids is 2. The molecular weight excluding hydrogens is 490 g/mol. The Kier molecular flexibility index (Phi) is 12.3. The molecule has 0 saturated carbocycles. The maximum atomic E-state index is 13.8. The van der Waals surface area contributed by atoms with E-state index in [9.17, 15) is 23.3 Å². The highest BCUT2D eigenvalue weighted by Crippen LogP contribution is 2.36. The summed E-state index contributed by atoms with van der Waals surface area (Å²) in [7, 11) is -1.16. The number of aryl methyl sites for hydroxylation is 1. The highest BCUT2D eigenvalue weighted by molar-refractivity contribution is 7.93. The predicted molar refractivity (Wildman–Crippen MR) is 144 cm³/mol. The van der Waals surface area contributed by atoms with Crippen molar-refractivity contribution in [2.75, 3.05) is 14.2 Å². The van der Waals surface area contributed by atoms with Crippen molar-refractivity contribution >= 4 is 21.8 Å². The van der Waals surface area contributed by atoms with E-state index in [4.69, 9.17) is 9.47 Å². The quantitative estimate of drug-likeness (QED) is 0.180. The second-order valence-electron chi connectivity index (χ2n) is 11.3. The Morgan fingerprint density at radius 2 is 1.14 bits per heavy atom. The van der Waals surface area contributed by atoms with Crippen LogP contribution in [-0.2, 0) is 28.9 Å². The molecule has 1 rings (SSSR count). The van der Waals surface area contributed by atoms with Crippen LogP contribution < -0.4 is 0 Å². The first-order chi connectivity index (χ1) is 17.2. The Balaban J connectivity index is 2.96. The van der Waals surface area contributed by atoms with Gasteiger partial charge in [0.05, 0.1) is 36.0 Å². The van der Waals surface area contributed by atoms with Crippen LogP contribution in [0, 0.1) is 29.1 Å². The zero-order valence-electron chi connectivity index (χ0n) is 23.7. The highest BCUT2D eigenvalue weighted by Gasteiger charge is 2.44. The molecular formula is C29H45NO6S. The smallest absolute Gasteiger partial charge is 0.311 e. The molecule has 0 aliphatic heterocycles. The fourth-order valence-corrected chi connectivity index (χ4v) is 6.47. The van der Waals surface area contributed by atoms with Crippen molar-refractivity contribution in [3.63, 3.8) is 0 Å². The molecule has 0 bridgehead atoms. The summed E-state index contributed by atoms with van der Waals surface area (Å²) >= 11 is 0. The van der Waals surface area contributed by atoms with Crippen molar-refractivity contribution in [2.45, 2.75) is 108 Å². The van der Waals surface area contributed by atoms with Crippen LogP contribution in [0.1, 0.15) is 97.5 Å². The Labute approximate surface area is 223 Å². The van der Waals surface area contributed by atoms with Crippen molar-refractivity contribution in [3.05, 3.63) is 29.8 Å². The van der Waals surface area contributed by atoms with Gasteiger partial charge in [-0.05, 0) is 72.4 Å². The SMILES string of the molecule is COC(=O)C(C)(C)CCCCCC(C#N)(CCCCCC(C)(C)C(=O)OC)S(=O)(=O)c1ccc(C)cc1. The third-order valence-electron chi connectivity index (χ3n) is 7.29. The Bertz CT molecular complexity index is 997. The first-order valence-electron chi connectivity index (χ1n) is 13.1. The molecule has 208 valence electrons. The van der Waals surface area contributed by atoms with Crippen LogP contribution in [0.2, 0.25) is 0 Å². The van der Waals surface area contributed by atoms with Crippen LogP contribution in [0.5, 0.6) is 0 Å². The number of hydrogen-bond acceptors (Lipinski definition) is 7. The molecule has 0 aliphatic rings. The minimum absolute atomic E-state index is 0.165. The van der Waals surface area contributed by atoms with Gasteiger partial charge in [0.1, 0.15) is 0 Å². The number of nitriles is 1. The van der Waals surface area contributed by atoms with E-state index in [1.165, 1.54) is 14.2 Å². The van der Waals surface area contributed by atoms with Gasteiger partial charge in [-0.15, -0.1) is 0 Å². The molecule has 0 N–H and O–H groups in total. The zero-order valence-corrected chi connectivity index (χ0v) is 24.5. The van der Waals surface area contributed by atoms with E-state index >= 15 is 0 Å². The predicted octanol–water partition coefficient (Wildman–Crippen LogP) is 6.33. The molecule has 0 amide bonds. The van der Waals surface area contributed by atoms with Gasteiger partial charge in [-0.1, -0.05) is 56.2 Å². The number of carbonyl (C=O) groups is 2. The number of nitrogens with zero attached hydrogens (tertiary/aromatic N) is 1. The monoisotopic (exact) mass is 535 g/mol. The molecule has 0 unspecified atom stereocenters. The molecule has 0 spiro atoms. The van der Waals surface area contributed by atoms with Crippen LogP contribution in [0.3, 0.4) is 0 Å². The van der Waals surface area contributed by atoms with Gasteiger partial charge in [0.2, 0.25) is 0 Å². The lowest BCUT2D eigenvalue weighted by molar-refractivity contribution is -0.151. The normalized spacial score (nSPS) is 12.6. The van der Waals surface area contributed by atoms with Crippen LogP contribution in [0.4, 0.5) is 0 Å². The van der Waals surface area contributed by atoms with Crippen molar-refractivity contribution in [1.82, 2.24) is 0 Å². The topological polar surface area (TPSA) is 111 Å². The van der Waals surface area contributed by atoms with Gasteiger partial charge in [-0.25, -0.2) is 8.42 Å². The van der Waals surface area contributed by atoms with E-state index in [-0.39, 0.29) is 29.7 Å². The van der Waals surface area contributed by atoms with E-state index in [0.717, 1.165) is 18.4 Å². The lowest BCUT2D eigenvalue weighted by atomic mass is 9.85. The Morgan fingerprint density at radius 1 is 0.757 bits per heavy atom. The molecule has 8 heteroatoms. The van der Waals surface area contributed by atoms with Crippen molar-refractivity contribution in [2.24, 2.45) is 10.8 Å². The molecule has 0 saturated heterocycles. The third kappa shape index (κ3) is 8.84. The van der Waals surface area contributed by atoms with E-state index < -0.39 is 25.4 Å². The maximum Gasteiger partial charge on any atom is 0.311 e. The van der Waals surface area contributed by atoms with Crippen molar-refractivity contribution in [1.29, 1.82) is 5.26 Å². The fraction of sp³-hybridized carbons (Fsp3) is 0.690. The van der Waals surface area contributed by atoms with E-state index in [1.54, 1.807) is 24.3 Å². The molecule has 0 aliphatic carbocycles. The lowest BCUT2D eigenvalue weighted by Crippen LogP contribution is -2.37. The number of benzene rings is 1. The molecule has 0 aromatic heterocycles.